The van der Waals surface area contributed by atoms with Gasteiger partial charge in [0.1, 0.15) is 12.1 Å². The molecule has 2 heterocycles. The fraction of sp³-hybridized carbons (Fsp3) is 0.667. The van der Waals surface area contributed by atoms with Crippen LogP contribution in [0.15, 0.2) is 17.5 Å². The molecule has 2 aliphatic rings. The number of amidine groups is 1. The van der Waals surface area contributed by atoms with Gasteiger partial charge in [-0.25, -0.2) is 0 Å². The van der Waals surface area contributed by atoms with E-state index in [4.69, 9.17) is 4.84 Å². The van der Waals surface area contributed by atoms with E-state index < -0.39 is 0 Å². The monoisotopic (exact) mass is 166 g/mol. The van der Waals surface area contributed by atoms with Crippen LogP contribution >= 0.6 is 0 Å². The van der Waals surface area contributed by atoms with Crippen molar-refractivity contribution in [2.75, 3.05) is 13.1 Å². The summed E-state index contributed by atoms with van der Waals surface area (Å²) in [4.78, 5) is 7.23. The number of likely N-dealkylation sites (tertiary alicyclic amines) is 1. The zero-order chi connectivity index (χ0) is 8.23. The quantitative estimate of drug-likeness (QED) is 0.547. The molecule has 12 heavy (non-hydrogen) atoms. The molecule has 66 valence electrons. The molecule has 0 aromatic carbocycles. The molecule has 0 N–H and O–H groups in total. The Balaban J connectivity index is 1.93. The second kappa shape index (κ2) is 3.61. The van der Waals surface area contributed by atoms with Crippen molar-refractivity contribution in [1.29, 1.82) is 0 Å². The number of piperidine rings is 1. The van der Waals surface area contributed by atoms with Crippen LogP contribution in [0.3, 0.4) is 0 Å². The van der Waals surface area contributed by atoms with Crippen LogP contribution in [-0.4, -0.2) is 23.8 Å². The van der Waals surface area contributed by atoms with E-state index in [1.807, 2.05) is 6.08 Å². The summed E-state index contributed by atoms with van der Waals surface area (Å²) in [6, 6.07) is 0. The predicted octanol–water partition coefficient (Wildman–Crippen LogP) is 1.72. The molecule has 3 heteroatoms. The van der Waals surface area contributed by atoms with E-state index in [1.54, 1.807) is 6.26 Å². The van der Waals surface area contributed by atoms with Gasteiger partial charge < -0.3 is 9.74 Å². The molecular formula is C9H14N2O. The van der Waals surface area contributed by atoms with Gasteiger partial charge in [-0.1, -0.05) is 5.16 Å². The van der Waals surface area contributed by atoms with Crippen molar-refractivity contribution in [3.8, 4) is 0 Å². The van der Waals surface area contributed by atoms with E-state index in [1.165, 1.54) is 19.3 Å². The zero-order valence-corrected chi connectivity index (χ0v) is 7.20. The average Bonchev–Trinajstić information content (AvgIpc) is 2.21. The lowest BCUT2D eigenvalue weighted by atomic mass is 10.1. The van der Waals surface area contributed by atoms with Gasteiger partial charge in [-0.3, -0.25) is 0 Å². The van der Waals surface area contributed by atoms with Gasteiger partial charge in [0.15, 0.2) is 0 Å². The third-order valence-corrected chi connectivity index (χ3v) is 2.34. The highest BCUT2D eigenvalue weighted by Gasteiger charge is 2.15. The summed E-state index contributed by atoms with van der Waals surface area (Å²) in [5, 5.41) is 4.01. The summed E-state index contributed by atoms with van der Waals surface area (Å²) in [7, 11) is 0. The summed E-state index contributed by atoms with van der Waals surface area (Å²) in [6.45, 7) is 2.30. The maximum atomic E-state index is 4.90. The van der Waals surface area contributed by atoms with Crippen LogP contribution < -0.4 is 0 Å². The molecule has 0 saturated carbocycles. The maximum absolute atomic E-state index is 4.90. The fourth-order valence-corrected chi connectivity index (χ4v) is 1.66. The van der Waals surface area contributed by atoms with Crippen LogP contribution in [-0.2, 0) is 4.84 Å². The van der Waals surface area contributed by atoms with E-state index in [-0.39, 0.29) is 0 Å². The third-order valence-electron chi connectivity index (χ3n) is 2.34. The van der Waals surface area contributed by atoms with Gasteiger partial charge in [0.05, 0.1) is 0 Å². The molecule has 0 amide bonds. The minimum atomic E-state index is 0.931. The topological polar surface area (TPSA) is 24.8 Å². The predicted molar refractivity (Wildman–Crippen MR) is 47.7 cm³/mol. The Morgan fingerprint density at radius 2 is 2.08 bits per heavy atom. The van der Waals surface area contributed by atoms with Gasteiger partial charge in [-0.05, 0) is 25.3 Å². The van der Waals surface area contributed by atoms with Crippen molar-refractivity contribution < 1.29 is 4.84 Å². The number of hydrogen-bond acceptors (Lipinski definition) is 3. The van der Waals surface area contributed by atoms with Gasteiger partial charge >= 0.3 is 0 Å². The van der Waals surface area contributed by atoms with E-state index >= 15 is 0 Å². The molecule has 3 nitrogen and oxygen atoms in total. The molecule has 0 aliphatic carbocycles. The molecule has 0 radical (unpaired) electrons. The standard InChI is InChI=1S/C9H14N2O/c1-2-6-11(7-3-1)9-5-4-8-12-10-9/h4,8H,1-3,5-7H2. The molecular weight excluding hydrogens is 152 g/mol. The zero-order valence-electron chi connectivity index (χ0n) is 7.20. The Hall–Kier alpha value is -0.990. The molecule has 2 aliphatic heterocycles. The van der Waals surface area contributed by atoms with Crippen LogP contribution in [0.5, 0.6) is 0 Å². The molecule has 0 spiro atoms. The van der Waals surface area contributed by atoms with Crippen LogP contribution in [0.2, 0.25) is 0 Å². The van der Waals surface area contributed by atoms with Gasteiger partial charge in [0.2, 0.25) is 0 Å². The Labute approximate surface area is 72.7 Å². The number of hydrogen-bond donors (Lipinski definition) is 0. The molecule has 0 unspecified atom stereocenters. The Bertz CT molecular complexity index is 205. The first-order valence-electron chi connectivity index (χ1n) is 4.59. The number of oxime groups is 1. The summed E-state index contributed by atoms with van der Waals surface area (Å²) in [6.07, 6.45) is 8.54. The second-order valence-electron chi connectivity index (χ2n) is 3.24. The van der Waals surface area contributed by atoms with E-state index in [2.05, 4.69) is 10.1 Å². The van der Waals surface area contributed by atoms with Gasteiger partial charge in [0, 0.05) is 19.5 Å². The van der Waals surface area contributed by atoms with Crippen LogP contribution in [0, 0.1) is 0 Å². The minimum absolute atomic E-state index is 0.931. The summed E-state index contributed by atoms with van der Waals surface area (Å²) in [5.41, 5.74) is 0. The number of rotatable bonds is 0. The number of nitrogens with zero attached hydrogens (tertiary/aromatic N) is 2. The first kappa shape index (κ1) is 7.65. The highest BCUT2D eigenvalue weighted by molar-refractivity contribution is 5.83. The third kappa shape index (κ3) is 1.60. The first-order chi connectivity index (χ1) is 5.97. The van der Waals surface area contributed by atoms with Crippen molar-refractivity contribution in [3.63, 3.8) is 0 Å². The van der Waals surface area contributed by atoms with Crippen LogP contribution in [0.1, 0.15) is 25.7 Å². The molecule has 1 fully saturated rings. The minimum Gasteiger partial charge on any atom is -0.363 e. The highest BCUT2D eigenvalue weighted by atomic mass is 16.6. The van der Waals surface area contributed by atoms with E-state index in [0.29, 0.717) is 0 Å². The van der Waals surface area contributed by atoms with Crippen molar-refractivity contribution in [3.05, 3.63) is 12.3 Å². The molecule has 1 saturated heterocycles. The van der Waals surface area contributed by atoms with Crippen LogP contribution in [0.4, 0.5) is 0 Å². The lowest BCUT2D eigenvalue weighted by molar-refractivity contribution is 0.240. The Kier molecular flexibility index (Phi) is 2.30. The largest absolute Gasteiger partial charge is 0.363 e. The lowest BCUT2D eigenvalue weighted by Gasteiger charge is -2.29. The fourth-order valence-electron chi connectivity index (χ4n) is 1.66. The van der Waals surface area contributed by atoms with Crippen LogP contribution in [0.25, 0.3) is 0 Å². The normalized spacial score (nSPS) is 23.3. The Morgan fingerprint density at radius 3 is 2.75 bits per heavy atom. The smallest absolute Gasteiger partial charge is 0.149 e. The van der Waals surface area contributed by atoms with E-state index in [0.717, 1.165) is 25.3 Å². The van der Waals surface area contributed by atoms with E-state index in [9.17, 15) is 0 Å². The SMILES string of the molecule is C1=CON=C(N2CCCCC2)C1. The van der Waals surface area contributed by atoms with Crippen molar-refractivity contribution >= 4 is 5.84 Å². The van der Waals surface area contributed by atoms with Gasteiger partial charge in [-0.2, -0.15) is 0 Å². The maximum Gasteiger partial charge on any atom is 0.149 e. The average molecular weight is 166 g/mol. The summed E-state index contributed by atoms with van der Waals surface area (Å²) in [5.74, 6) is 1.09. The molecule has 0 bridgehead atoms. The molecule has 0 atom stereocenters. The lowest BCUT2D eigenvalue weighted by Crippen LogP contribution is -2.35. The molecule has 0 aromatic heterocycles. The first-order valence-corrected chi connectivity index (χ1v) is 4.59. The second-order valence-corrected chi connectivity index (χ2v) is 3.24. The van der Waals surface area contributed by atoms with Gasteiger partial charge in [0.25, 0.3) is 0 Å². The van der Waals surface area contributed by atoms with Crippen molar-refractivity contribution in [2.45, 2.75) is 25.7 Å². The Morgan fingerprint density at radius 1 is 1.25 bits per heavy atom. The van der Waals surface area contributed by atoms with Crippen molar-refractivity contribution in [2.24, 2.45) is 5.16 Å². The highest BCUT2D eigenvalue weighted by Crippen LogP contribution is 2.12. The summed E-state index contributed by atoms with van der Waals surface area (Å²) < 4.78 is 0. The molecule has 0 aromatic rings. The summed E-state index contributed by atoms with van der Waals surface area (Å²) >= 11 is 0. The van der Waals surface area contributed by atoms with Crippen molar-refractivity contribution in [1.82, 2.24) is 4.90 Å². The molecule has 2 rings (SSSR count). The van der Waals surface area contributed by atoms with Gasteiger partial charge in [-0.15, -0.1) is 0 Å².